The van der Waals surface area contributed by atoms with E-state index in [4.69, 9.17) is 0 Å². The second-order valence-corrected chi connectivity index (χ2v) is 8.06. The van der Waals surface area contributed by atoms with E-state index in [-0.39, 0.29) is 17.1 Å². The van der Waals surface area contributed by atoms with Crippen molar-refractivity contribution in [2.75, 3.05) is 18.8 Å². The number of thioether (sulfide) groups is 1. The number of carbonyl (C=O) groups excluding carboxylic acids is 1. The lowest BCUT2D eigenvalue weighted by molar-refractivity contribution is -0.133. The van der Waals surface area contributed by atoms with Gasteiger partial charge in [-0.25, -0.2) is 0 Å². The predicted molar refractivity (Wildman–Crippen MR) is 97.5 cm³/mol. The zero-order valence-corrected chi connectivity index (χ0v) is 15.3. The van der Waals surface area contributed by atoms with E-state index in [0.29, 0.717) is 5.92 Å². The van der Waals surface area contributed by atoms with E-state index < -0.39 is 6.10 Å². The molecule has 2 atom stereocenters. The lowest BCUT2D eigenvalue weighted by Gasteiger charge is -2.36. The van der Waals surface area contributed by atoms with Crippen LogP contribution >= 0.6 is 11.8 Å². The number of nitrogens with zero attached hydrogens (tertiary/aromatic N) is 1. The standard InChI is InChI=1S/C19H29NO2S/c1-4-23-18(14(2)3)19(22)20-12-10-16(11-13-20)17(21)15-8-6-5-7-9-15/h5-9,14,16-18,21H,4,10-13H2,1-3H3. The third-order valence-electron chi connectivity index (χ3n) is 4.63. The van der Waals surface area contributed by atoms with Crippen molar-refractivity contribution >= 4 is 17.7 Å². The molecule has 0 radical (unpaired) electrons. The summed E-state index contributed by atoms with van der Waals surface area (Å²) in [6.07, 6.45) is 1.34. The number of piperidine rings is 1. The average molecular weight is 336 g/mol. The molecule has 1 aromatic carbocycles. The van der Waals surface area contributed by atoms with Gasteiger partial charge in [0.05, 0.1) is 11.4 Å². The molecule has 23 heavy (non-hydrogen) atoms. The number of carbonyl (C=O) groups is 1. The van der Waals surface area contributed by atoms with Gasteiger partial charge in [-0.3, -0.25) is 4.79 Å². The number of aliphatic hydroxyl groups excluding tert-OH is 1. The smallest absolute Gasteiger partial charge is 0.235 e. The highest BCUT2D eigenvalue weighted by molar-refractivity contribution is 8.00. The van der Waals surface area contributed by atoms with Crippen LogP contribution < -0.4 is 0 Å². The summed E-state index contributed by atoms with van der Waals surface area (Å²) in [5.41, 5.74) is 0.985. The van der Waals surface area contributed by atoms with Gasteiger partial charge >= 0.3 is 0 Å². The van der Waals surface area contributed by atoms with Crippen molar-refractivity contribution in [2.45, 2.75) is 45.0 Å². The number of rotatable bonds is 6. The second kappa shape index (κ2) is 8.74. The molecular weight excluding hydrogens is 306 g/mol. The fourth-order valence-corrected chi connectivity index (χ4v) is 4.30. The predicted octanol–water partition coefficient (Wildman–Crippen LogP) is 3.74. The van der Waals surface area contributed by atoms with E-state index in [2.05, 4.69) is 20.8 Å². The quantitative estimate of drug-likeness (QED) is 0.861. The van der Waals surface area contributed by atoms with Crippen LogP contribution in [0.15, 0.2) is 30.3 Å². The normalized spacial score (nSPS) is 18.9. The molecule has 2 rings (SSSR count). The molecule has 1 fully saturated rings. The summed E-state index contributed by atoms with van der Waals surface area (Å²) < 4.78 is 0. The van der Waals surface area contributed by atoms with Gasteiger partial charge < -0.3 is 10.0 Å². The van der Waals surface area contributed by atoms with Crippen LogP contribution in [0.25, 0.3) is 0 Å². The highest BCUT2D eigenvalue weighted by Crippen LogP contribution is 2.32. The van der Waals surface area contributed by atoms with Crippen molar-refractivity contribution in [3.8, 4) is 0 Å². The first-order valence-electron chi connectivity index (χ1n) is 8.68. The fraction of sp³-hybridized carbons (Fsp3) is 0.632. The van der Waals surface area contributed by atoms with Crippen LogP contribution in [0.5, 0.6) is 0 Å². The van der Waals surface area contributed by atoms with Gasteiger partial charge in [0.15, 0.2) is 0 Å². The van der Waals surface area contributed by atoms with Crippen molar-refractivity contribution in [1.82, 2.24) is 4.90 Å². The minimum absolute atomic E-state index is 0.0654. The maximum absolute atomic E-state index is 12.7. The first-order valence-corrected chi connectivity index (χ1v) is 9.72. The summed E-state index contributed by atoms with van der Waals surface area (Å²) >= 11 is 1.75. The largest absolute Gasteiger partial charge is 0.388 e. The van der Waals surface area contributed by atoms with Crippen molar-refractivity contribution in [1.29, 1.82) is 0 Å². The maximum atomic E-state index is 12.7. The fourth-order valence-electron chi connectivity index (χ4n) is 3.27. The number of hydrogen-bond acceptors (Lipinski definition) is 3. The summed E-state index contributed by atoms with van der Waals surface area (Å²) in [4.78, 5) is 14.7. The van der Waals surface area contributed by atoms with E-state index in [0.717, 1.165) is 37.2 Å². The number of aliphatic hydroxyl groups is 1. The topological polar surface area (TPSA) is 40.5 Å². The van der Waals surface area contributed by atoms with Crippen LogP contribution in [0, 0.1) is 11.8 Å². The molecule has 4 heteroatoms. The molecule has 1 amide bonds. The zero-order valence-electron chi connectivity index (χ0n) is 14.4. The van der Waals surface area contributed by atoms with Gasteiger partial charge in [0.1, 0.15) is 0 Å². The number of amides is 1. The SMILES string of the molecule is CCSC(C(=O)N1CCC(C(O)c2ccccc2)CC1)C(C)C. The van der Waals surface area contributed by atoms with Crippen LogP contribution in [0.2, 0.25) is 0 Å². The first kappa shape index (κ1) is 18.3. The molecule has 0 aliphatic carbocycles. The Balaban J connectivity index is 1.91. The summed E-state index contributed by atoms with van der Waals surface area (Å²) in [5.74, 6) is 1.86. The molecule has 1 aliphatic heterocycles. The molecule has 0 aromatic heterocycles. The molecule has 128 valence electrons. The maximum Gasteiger partial charge on any atom is 0.235 e. The Bertz CT molecular complexity index is 483. The number of likely N-dealkylation sites (tertiary alicyclic amines) is 1. The third-order valence-corrected chi connectivity index (χ3v) is 6.07. The molecule has 0 saturated carbocycles. The molecule has 2 unspecified atom stereocenters. The zero-order chi connectivity index (χ0) is 16.8. The van der Waals surface area contributed by atoms with Gasteiger partial charge in [-0.05, 0) is 36.0 Å². The van der Waals surface area contributed by atoms with Crippen LogP contribution in [0.1, 0.15) is 45.3 Å². The van der Waals surface area contributed by atoms with Crippen LogP contribution in [-0.4, -0.2) is 40.0 Å². The van der Waals surface area contributed by atoms with E-state index in [1.807, 2.05) is 35.2 Å². The Hall–Kier alpha value is -1.00. The van der Waals surface area contributed by atoms with Gasteiger partial charge in [0, 0.05) is 13.1 Å². The highest BCUT2D eigenvalue weighted by atomic mass is 32.2. The summed E-state index contributed by atoms with van der Waals surface area (Å²) in [6, 6.07) is 9.86. The van der Waals surface area contributed by atoms with E-state index in [1.165, 1.54) is 0 Å². The summed E-state index contributed by atoms with van der Waals surface area (Å²) in [7, 11) is 0. The lowest BCUT2D eigenvalue weighted by atomic mass is 9.87. The molecule has 1 aliphatic rings. The number of benzene rings is 1. The Morgan fingerprint density at radius 1 is 1.26 bits per heavy atom. The molecule has 1 N–H and O–H groups in total. The van der Waals surface area contributed by atoms with Crippen molar-refractivity contribution in [2.24, 2.45) is 11.8 Å². The van der Waals surface area contributed by atoms with Gasteiger partial charge in [-0.2, -0.15) is 0 Å². The third kappa shape index (κ3) is 4.74. The molecule has 0 spiro atoms. The molecule has 0 bridgehead atoms. The van der Waals surface area contributed by atoms with E-state index in [1.54, 1.807) is 11.8 Å². The van der Waals surface area contributed by atoms with Gasteiger partial charge in [0.2, 0.25) is 5.91 Å². The van der Waals surface area contributed by atoms with Crippen LogP contribution in [0.3, 0.4) is 0 Å². The molecular formula is C19H29NO2S. The molecule has 1 saturated heterocycles. The van der Waals surface area contributed by atoms with Crippen molar-refractivity contribution in [3.63, 3.8) is 0 Å². The van der Waals surface area contributed by atoms with Crippen molar-refractivity contribution in [3.05, 3.63) is 35.9 Å². The Morgan fingerprint density at radius 3 is 2.39 bits per heavy atom. The number of hydrogen-bond donors (Lipinski definition) is 1. The minimum Gasteiger partial charge on any atom is -0.388 e. The summed E-state index contributed by atoms with van der Waals surface area (Å²) in [5, 5.41) is 10.6. The van der Waals surface area contributed by atoms with Gasteiger partial charge in [0.25, 0.3) is 0 Å². The lowest BCUT2D eigenvalue weighted by Crippen LogP contribution is -2.45. The van der Waals surface area contributed by atoms with E-state index >= 15 is 0 Å². The average Bonchev–Trinajstić information content (AvgIpc) is 2.59. The van der Waals surface area contributed by atoms with Crippen LogP contribution in [-0.2, 0) is 4.79 Å². The minimum atomic E-state index is -0.417. The Labute approximate surface area is 144 Å². The van der Waals surface area contributed by atoms with Crippen LogP contribution in [0.4, 0.5) is 0 Å². The monoisotopic (exact) mass is 335 g/mol. The molecule has 1 aromatic rings. The highest BCUT2D eigenvalue weighted by Gasteiger charge is 2.32. The Kier molecular flexibility index (Phi) is 6.97. The van der Waals surface area contributed by atoms with Gasteiger partial charge in [-0.1, -0.05) is 51.1 Å². The molecule has 1 heterocycles. The first-order chi connectivity index (χ1) is 11.0. The Morgan fingerprint density at radius 2 is 1.87 bits per heavy atom. The van der Waals surface area contributed by atoms with Crippen molar-refractivity contribution < 1.29 is 9.90 Å². The summed E-state index contributed by atoms with van der Waals surface area (Å²) in [6.45, 7) is 7.88. The van der Waals surface area contributed by atoms with E-state index in [9.17, 15) is 9.90 Å². The molecule has 3 nitrogen and oxygen atoms in total. The van der Waals surface area contributed by atoms with Gasteiger partial charge in [-0.15, -0.1) is 11.8 Å². The second-order valence-electron chi connectivity index (χ2n) is 6.64.